The third-order valence-electron chi connectivity index (χ3n) is 6.20. The molecule has 1 saturated heterocycles. The minimum Gasteiger partial charge on any atom is -0.507 e. The van der Waals surface area contributed by atoms with Crippen molar-refractivity contribution in [3.05, 3.63) is 65.2 Å². The van der Waals surface area contributed by atoms with E-state index in [2.05, 4.69) is 0 Å². The van der Waals surface area contributed by atoms with Gasteiger partial charge in [0.05, 0.1) is 25.8 Å². The number of methoxy groups -OCH3 is 2. The third kappa shape index (κ3) is 3.90. The Kier molecular flexibility index (Phi) is 5.98. The minimum absolute atomic E-state index is 0.0305. The van der Waals surface area contributed by atoms with Gasteiger partial charge < -0.3 is 19.5 Å². The molecule has 1 heterocycles. The molecular formula is C25H27NO5. The topological polar surface area (TPSA) is 76.1 Å². The van der Waals surface area contributed by atoms with Crippen LogP contribution in [0.1, 0.15) is 49.3 Å². The Hall–Kier alpha value is -3.28. The molecule has 0 radical (unpaired) electrons. The summed E-state index contributed by atoms with van der Waals surface area (Å²) in [6.45, 7) is 0. The summed E-state index contributed by atoms with van der Waals surface area (Å²) in [7, 11) is 3.12. The number of aliphatic hydroxyl groups excluding tert-OH is 1. The predicted octanol–water partition coefficient (Wildman–Crippen LogP) is 4.46. The number of carbonyl (C=O) groups is 2. The van der Waals surface area contributed by atoms with Crippen LogP contribution >= 0.6 is 0 Å². The van der Waals surface area contributed by atoms with Gasteiger partial charge in [-0.05, 0) is 42.7 Å². The second-order valence-electron chi connectivity index (χ2n) is 8.01. The first-order chi connectivity index (χ1) is 15.0. The van der Waals surface area contributed by atoms with E-state index in [1.54, 1.807) is 36.3 Å². The van der Waals surface area contributed by atoms with Gasteiger partial charge in [0.25, 0.3) is 11.7 Å². The summed E-state index contributed by atoms with van der Waals surface area (Å²) in [5.41, 5.74) is 1.29. The van der Waals surface area contributed by atoms with Crippen LogP contribution < -0.4 is 9.47 Å². The number of benzene rings is 2. The molecule has 6 heteroatoms. The van der Waals surface area contributed by atoms with Crippen molar-refractivity contribution in [3.63, 3.8) is 0 Å². The lowest BCUT2D eigenvalue weighted by Gasteiger charge is -2.35. The number of aliphatic hydroxyl groups is 1. The quantitative estimate of drug-likeness (QED) is 0.438. The first-order valence-corrected chi connectivity index (χ1v) is 10.6. The van der Waals surface area contributed by atoms with Gasteiger partial charge in [0.1, 0.15) is 17.3 Å². The van der Waals surface area contributed by atoms with Crippen LogP contribution in [0.25, 0.3) is 5.76 Å². The molecule has 2 aliphatic rings. The highest BCUT2D eigenvalue weighted by Gasteiger charge is 2.48. The number of nitrogens with zero attached hydrogens (tertiary/aromatic N) is 1. The van der Waals surface area contributed by atoms with Gasteiger partial charge in [-0.15, -0.1) is 0 Å². The lowest BCUT2D eigenvalue weighted by molar-refractivity contribution is -0.141. The maximum absolute atomic E-state index is 13.2. The fourth-order valence-electron chi connectivity index (χ4n) is 4.65. The van der Waals surface area contributed by atoms with E-state index in [1.807, 2.05) is 24.3 Å². The average molecular weight is 421 g/mol. The predicted molar refractivity (Wildman–Crippen MR) is 117 cm³/mol. The number of amides is 1. The molecule has 2 aromatic rings. The second kappa shape index (κ2) is 8.84. The molecule has 1 N–H and O–H groups in total. The maximum atomic E-state index is 13.2. The first-order valence-electron chi connectivity index (χ1n) is 10.6. The van der Waals surface area contributed by atoms with E-state index in [0.717, 1.165) is 37.7 Å². The minimum atomic E-state index is -0.663. The maximum Gasteiger partial charge on any atom is 0.295 e. The van der Waals surface area contributed by atoms with Gasteiger partial charge in [-0.3, -0.25) is 9.59 Å². The van der Waals surface area contributed by atoms with E-state index in [9.17, 15) is 14.7 Å². The fourth-order valence-corrected chi connectivity index (χ4v) is 4.65. The van der Waals surface area contributed by atoms with Crippen molar-refractivity contribution < 1.29 is 24.2 Å². The van der Waals surface area contributed by atoms with Crippen molar-refractivity contribution in [2.45, 2.75) is 44.2 Å². The van der Waals surface area contributed by atoms with Crippen LogP contribution in [0, 0.1) is 0 Å². The summed E-state index contributed by atoms with van der Waals surface area (Å²) < 4.78 is 10.6. The van der Waals surface area contributed by atoms with Crippen LogP contribution in [-0.4, -0.2) is 42.0 Å². The molecule has 0 spiro atoms. The van der Waals surface area contributed by atoms with E-state index in [-0.39, 0.29) is 17.4 Å². The lowest BCUT2D eigenvalue weighted by atomic mass is 9.91. The summed E-state index contributed by atoms with van der Waals surface area (Å²) in [6, 6.07) is 13.5. The molecule has 1 unspecified atom stereocenters. The van der Waals surface area contributed by atoms with Gasteiger partial charge in [-0.25, -0.2) is 0 Å². The molecule has 31 heavy (non-hydrogen) atoms. The summed E-state index contributed by atoms with van der Waals surface area (Å²) in [5.74, 6) is -0.206. The molecule has 1 amide bonds. The number of rotatable bonds is 5. The number of likely N-dealkylation sites (tertiary alicyclic amines) is 1. The highest BCUT2D eigenvalue weighted by atomic mass is 16.5. The van der Waals surface area contributed by atoms with Crippen LogP contribution in [0.5, 0.6) is 11.5 Å². The van der Waals surface area contributed by atoms with Gasteiger partial charge in [0.15, 0.2) is 0 Å². The molecule has 162 valence electrons. The number of Topliss-reactive ketones (excluding diaryl/α,β-unsaturated/α-hetero) is 1. The number of carbonyl (C=O) groups excluding carboxylic acids is 2. The second-order valence-corrected chi connectivity index (χ2v) is 8.01. The smallest absolute Gasteiger partial charge is 0.295 e. The zero-order chi connectivity index (χ0) is 22.0. The highest BCUT2D eigenvalue weighted by molar-refractivity contribution is 6.46. The highest BCUT2D eigenvalue weighted by Crippen LogP contribution is 2.43. The first kappa shape index (κ1) is 21.0. The summed E-state index contributed by atoms with van der Waals surface area (Å²) in [4.78, 5) is 28.1. The van der Waals surface area contributed by atoms with Crippen LogP contribution in [0.15, 0.2) is 54.1 Å². The molecule has 1 aliphatic carbocycles. The van der Waals surface area contributed by atoms with Crippen molar-refractivity contribution in [3.8, 4) is 11.5 Å². The molecule has 2 fully saturated rings. The molecule has 1 atom stereocenters. The lowest BCUT2D eigenvalue weighted by Crippen LogP contribution is -2.40. The van der Waals surface area contributed by atoms with Gasteiger partial charge in [0, 0.05) is 11.6 Å². The molecule has 4 rings (SSSR count). The van der Waals surface area contributed by atoms with E-state index >= 15 is 0 Å². The van der Waals surface area contributed by atoms with Crippen molar-refractivity contribution in [1.29, 1.82) is 0 Å². The van der Waals surface area contributed by atoms with Gasteiger partial charge in [-0.1, -0.05) is 43.5 Å². The number of ether oxygens (including phenoxy) is 2. The van der Waals surface area contributed by atoms with Crippen LogP contribution in [0.2, 0.25) is 0 Å². The molecule has 2 aromatic carbocycles. The van der Waals surface area contributed by atoms with E-state index < -0.39 is 17.7 Å². The largest absolute Gasteiger partial charge is 0.507 e. The van der Waals surface area contributed by atoms with Gasteiger partial charge in [-0.2, -0.15) is 0 Å². The van der Waals surface area contributed by atoms with Crippen molar-refractivity contribution >= 4 is 17.4 Å². The summed E-state index contributed by atoms with van der Waals surface area (Å²) >= 11 is 0. The Morgan fingerprint density at radius 2 is 1.58 bits per heavy atom. The van der Waals surface area contributed by atoms with Crippen molar-refractivity contribution in [2.24, 2.45) is 0 Å². The fraction of sp³-hybridized carbons (Fsp3) is 0.360. The van der Waals surface area contributed by atoms with E-state index in [1.165, 1.54) is 7.11 Å². The molecule has 0 bridgehead atoms. The van der Waals surface area contributed by atoms with Crippen molar-refractivity contribution in [2.75, 3.05) is 14.2 Å². The summed E-state index contributed by atoms with van der Waals surface area (Å²) in [5, 5.41) is 11.2. The zero-order valence-corrected chi connectivity index (χ0v) is 17.8. The Bertz CT molecular complexity index is 1020. The summed E-state index contributed by atoms with van der Waals surface area (Å²) in [6.07, 6.45) is 4.89. The van der Waals surface area contributed by atoms with E-state index in [0.29, 0.717) is 17.1 Å². The number of hydrogen-bond acceptors (Lipinski definition) is 5. The molecular weight excluding hydrogens is 394 g/mol. The van der Waals surface area contributed by atoms with Crippen LogP contribution in [0.4, 0.5) is 0 Å². The normalized spacial score (nSPS) is 21.4. The molecule has 0 aromatic heterocycles. The zero-order valence-electron chi connectivity index (χ0n) is 17.8. The number of ketones is 1. The molecule has 1 saturated carbocycles. The monoisotopic (exact) mass is 421 g/mol. The Morgan fingerprint density at radius 1 is 0.935 bits per heavy atom. The molecule has 1 aliphatic heterocycles. The third-order valence-corrected chi connectivity index (χ3v) is 6.20. The average Bonchev–Trinajstić information content (AvgIpc) is 3.09. The number of hydrogen-bond donors (Lipinski definition) is 1. The Morgan fingerprint density at radius 3 is 2.26 bits per heavy atom. The molecule has 6 nitrogen and oxygen atoms in total. The van der Waals surface area contributed by atoms with E-state index in [4.69, 9.17) is 9.47 Å². The van der Waals surface area contributed by atoms with Crippen molar-refractivity contribution in [1.82, 2.24) is 4.90 Å². The van der Waals surface area contributed by atoms with Gasteiger partial charge in [0.2, 0.25) is 0 Å². The SMILES string of the molecule is COc1cccc(/C(O)=C2/C(=O)C(=O)N(C3CCCCC3)C2c2cccc(OC)c2)c1. The van der Waals surface area contributed by atoms with Crippen LogP contribution in [-0.2, 0) is 9.59 Å². The Labute approximate surface area is 182 Å². The standard InChI is InChI=1S/C25H27NO5/c1-30-19-12-6-8-16(14-19)22-21(23(27)17-9-7-13-20(15-17)31-2)24(28)25(29)26(22)18-10-4-3-5-11-18/h6-9,12-15,18,22,27H,3-5,10-11H2,1-2H3/b23-21-. The van der Waals surface area contributed by atoms with Crippen LogP contribution in [0.3, 0.4) is 0 Å². The Balaban J connectivity index is 1.88. The van der Waals surface area contributed by atoms with Gasteiger partial charge >= 0.3 is 0 Å².